The largest absolute Gasteiger partial charge is 0.497 e. The molecule has 0 bridgehead atoms. The zero-order valence-corrected chi connectivity index (χ0v) is 12.2. The molecule has 0 fully saturated rings. The van der Waals surface area contributed by atoms with Crippen molar-refractivity contribution >= 4 is 12.2 Å². The van der Waals surface area contributed by atoms with Crippen LogP contribution in [0.3, 0.4) is 0 Å². The lowest BCUT2D eigenvalue weighted by Crippen LogP contribution is -2.30. The van der Waals surface area contributed by atoms with Crippen molar-refractivity contribution in [3.8, 4) is 5.75 Å². The van der Waals surface area contributed by atoms with Crippen LogP contribution in [0.2, 0.25) is 0 Å². The molecule has 0 amide bonds. The number of fused-ring (bicyclic) bond motifs is 1. The summed E-state index contributed by atoms with van der Waals surface area (Å²) in [5, 5.41) is 0. The minimum Gasteiger partial charge on any atom is -0.497 e. The standard InChI is InChI=1S/C15H17N3OS/c1-19-13-4-2-11(3-5-13)9-18-7-6-12-8-16-15(20)17-14(12)10-18/h2-5,8H,6-7,9-10H2,1H3,(H,16,17,20). The average Bonchev–Trinajstić information content (AvgIpc) is 2.47. The fourth-order valence-corrected chi connectivity index (χ4v) is 2.69. The number of methoxy groups -OCH3 is 1. The summed E-state index contributed by atoms with van der Waals surface area (Å²) in [5.41, 5.74) is 3.77. The third-order valence-corrected chi connectivity index (χ3v) is 3.83. The van der Waals surface area contributed by atoms with Gasteiger partial charge in [0.1, 0.15) is 5.75 Å². The van der Waals surface area contributed by atoms with Crippen molar-refractivity contribution in [1.29, 1.82) is 0 Å². The molecule has 1 aliphatic heterocycles. The number of hydrogen-bond acceptors (Lipinski definition) is 4. The molecule has 1 aliphatic rings. The third kappa shape index (κ3) is 2.89. The molecule has 0 atom stereocenters. The molecule has 0 saturated heterocycles. The molecule has 0 radical (unpaired) electrons. The predicted molar refractivity (Wildman–Crippen MR) is 80.2 cm³/mol. The Hall–Kier alpha value is -1.72. The number of aromatic amines is 1. The molecule has 1 aromatic carbocycles. The van der Waals surface area contributed by atoms with Crippen molar-refractivity contribution in [1.82, 2.24) is 14.9 Å². The van der Waals surface area contributed by atoms with E-state index in [1.807, 2.05) is 18.3 Å². The fourth-order valence-electron chi connectivity index (χ4n) is 2.52. The Morgan fingerprint density at radius 3 is 2.90 bits per heavy atom. The first-order chi connectivity index (χ1) is 9.74. The number of H-pyrrole nitrogens is 1. The van der Waals surface area contributed by atoms with E-state index in [1.54, 1.807) is 7.11 Å². The lowest BCUT2D eigenvalue weighted by molar-refractivity contribution is 0.241. The monoisotopic (exact) mass is 287 g/mol. The average molecular weight is 287 g/mol. The third-order valence-electron chi connectivity index (χ3n) is 3.63. The van der Waals surface area contributed by atoms with Crippen molar-refractivity contribution in [2.45, 2.75) is 19.5 Å². The van der Waals surface area contributed by atoms with E-state index < -0.39 is 0 Å². The van der Waals surface area contributed by atoms with Crippen molar-refractivity contribution in [2.75, 3.05) is 13.7 Å². The first kappa shape index (κ1) is 13.3. The van der Waals surface area contributed by atoms with E-state index in [9.17, 15) is 0 Å². The summed E-state index contributed by atoms with van der Waals surface area (Å²) in [7, 11) is 1.69. The highest BCUT2D eigenvalue weighted by atomic mass is 32.1. The number of nitrogens with zero attached hydrogens (tertiary/aromatic N) is 2. The lowest BCUT2D eigenvalue weighted by Gasteiger charge is -2.28. The van der Waals surface area contributed by atoms with Gasteiger partial charge in [0.25, 0.3) is 0 Å². The Kier molecular flexibility index (Phi) is 3.80. The van der Waals surface area contributed by atoms with Gasteiger partial charge in [0.05, 0.1) is 7.11 Å². The molecule has 2 heterocycles. The van der Waals surface area contributed by atoms with E-state index in [0.29, 0.717) is 4.77 Å². The van der Waals surface area contributed by atoms with Crippen LogP contribution in [0.1, 0.15) is 16.8 Å². The second-order valence-corrected chi connectivity index (χ2v) is 5.39. The van der Waals surface area contributed by atoms with Crippen LogP contribution in [0.4, 0.5) is 0 Å². The van der Waals surface area contributed by atoms with E-state index in [0.717, 1.165) is 31.8 Å². The topological polar surface area (TPSA) is 41.1 Å². The Labute approximate surface area is 123 Å². The highest BCUT2D eigenvalue weighted by Gasteiger charge is 2.16. The summed E-state index contributed by atoms with van der Waals surface area (Å²) in [6.07, 6.45) is 2.92. The van der Waals surface area contributed by atoms with Gasteiger partial charge in [0, 0.05) is 31.5 Å². The molecule has 104 valence electrons. The van der Waals surface area contributed by atoms with Crippen molar-refractivity contribution in [3.63, 3.8) is 0 Å². The first-order valence-corrected chi connectivity index (χ1v) is 7.08. The fraction of sp³-hybridized carbons (Fsp3) is 0.333. The quantitative estimate of drug-likeness (QED) is 0.881. The molecule has 5 heteroatoms. The van der Waals surface area contributed by atoms with Gasteiger partial charge in [0.2, 0.25) is 0 Å². The van der Waals surface area contributed by atoms with E-state index >= 15 is 0 Å². The number of aromatic nitrogens is 2. The zero-order valence-electron chi connectivity index (χ0n) is 11.4. The van der Waals surface area contributed by atoms with Gasteiger partial charge in [0.15, 0.2) is 4.77 Å². The molecular weight excluding hydrogens is 270 g/mol. The summed E-state index contributed by atoms with van der Waals surface area (Å²) in [6.45, 7) is 2.88. The molecule has 1 N–H and O–H groups in total. The molecule has 2 aromatic rings. The van der Waals surface area contributed by atoms with Gasteiger partial charge in [-0.05, 0) is 41.9 Å². The van der Waals surface area contributed by atoms with Crippen LogP contribution >= 0.6 is 12.2 Å². The summed E-state index contributed by atoms with van der Waals surface area (Å²) >= 11 is 5.09. The molecule has 0 unspecified atom stereocenters. The number of benzene rings is 1. The molecule has 4 nitrogen and oxygen atoms in total. The minimum atomic E-state index is 0.565. The molecule has 0 saturated carbocycles. The van der Waals surface area contributed by atoms with Gasteiger partial charge in [-0.1, -0.05) is 12.1 Å². The Bertz CT molecular complexity index is 651. The maximum atomic E-state index is 5.18. The van der Waals surface area contributed by atoms with Crippen LogP contribution in [0.15, 0.2) is 30.5 Å². The van der Waals surface area contributed by atoms with Crippen molar-refractivity contribution < 1.29 is 4.74 Å². The Balaban J connectivity index is 1.71. The van der Waals surface area contributed by atoms with Gasteiger partial charge in [-0.2, -0.15) is 0 Å². The number of ether oxygens (including phenoxy) is 1. The van der Waals surface area contributed by atoms with Crippen LogP contribution in [0.5, 0.6) is 5.75 Å². The van der Waals surface area contributed by atoms with Crippen LogP contribution in [-0.2, 0) is 19.5 Å². The van der Waals surface area contributed by atoms with Crippen LogP contribution in [0, 0.1) is 4.77 Å². The van der Waals surface area contributed by atoms with E-state index in [2.05, 4.69) is 27.0 Å². The second-order valence-electron chi connectivity index (χ2n) is 5.00. The minimum absolute atomic E-state index is 0.565. The maximum Gasteiger partial charge on any atom is 0.196 e. The van der Waals surface area contributed by atoms with E-state index in [-0.39, 0.29) is 0 Å². The zero-order chi connectivity index (χ0) is 13.9. The van der Waals surface area contributed by atoms with Crippen molar-refractivity contribution in [2.24, 2.45) is 0 Å². The first-order valence-electron chi connectivity index (χ1n) is 6.67. The summed E-state index contributed by atoms with van der Waals surface area (Å²) < 4.78 is 5.75. The van der Waals surface area contributed by atoms with E-state index in [1.165, 1.54) is 16.8 Å². The molecule has 3 rings (SSSR count). The molecule has 20 heavy (non-hydrogen) atoms. The number of nitrogens with one attached hydrogen (secondary N) is 1. The lowest BCUT2D eigenvalue weighted by atomic mass is 10.1. The van der Waals surface area contributed by atoms with Crippen molar-refractivity contribution in [3.05, 3.63) is 52.1 Å². The van der Waals surface area contributed by atoms with Crippen LogP contribution in [0.25, 0.3) is 0 Å². The SMILES string of the molecule is COc1ccc(CN2CCc3cnc(=S)[nH]c3C2)cc1. The number of hydrogen-bond donors (Lipinski definition) is 1. The normalized spacial score (nSPS) is 14.8. The Morgan fingerprint density at radius 2 is 2.15 bits per heavy atom. The number of rotatable bonds is 3. The summed E-state index contributed by atoms with van der Waals surface area (Å²) in [5.74, 6) is 0.896. The summed E-state index contributed by atoms with van der Waals surface area (Å²) in [4.78, 5) is 9.76. The Morgan fingerprint density at radius 1 is 1.35 bits per heavy atom. The molecule has 1 aromatic heterocycles. The van der Waals surface area contributed by atoms with Crippen LogP contribution < -0.4 is 4.74 Å². The highest BCUT2D eigenvalue weighted by molar-refractivity contribution is 7.71. The summed E-state index contributed by atoms with van der Waals surface area (Å²) in [6, 6.07) is 8.24. The van der Waals surface area contributed by atoms with Gasteiger partial charge >= 0.3 is 0 Å². The maximum absolute atomic E-state index is 5.18. The predicted octanol–water partition coefficient (Wildman–Crippen LogP) is 2.71. The molecule has 0 spiro atoms. The van der Waals surface area contributed by atoms with Gasteiger partial charge in [-0.15, -0.1) is 0 Å². The van der Waals surface area contributed by atoms with E-state index in [4.69, 9.17) is 17.0 Å². The van der Waals surface area contributed by atoms with Gasteiger partial charge < -0.3 is 9.72 Å². The smallest absolute Gasteiger partial charge is 0.196 e. The molecule has 0 aliphatic carbocycles. The van der Waals surface area contributed by atoms with Crippen LogP contribution in [-0.4, -0.2) is 28.5 Å². The van der Waals surface area contributed by atoms with Gasteiger partial charge in [-0.25, -0.2) is 4.98 Å². The highest BCUT2D eigenvalue weighted by Crippen LogP contribution is 2.19. The second kappa shape index (κ2) is 5.73. The molecular formula is C15H17N3OS. The van der Waals surface area contributed by atoms with Gasteiger partial charge in [-0.3, -0.25) is 4.90 Å².